The van der Waals surface area contributed by atoms with E-state index in [0.717, 1.165) is 10.0 Å². The van der Waals surface area contributed by atoms with E-state index in [1.165, 1.54) is 0 Å². The molecule has 3 nitrogen and oxygen atoms in total. The first-order chi connectivity index (χ1) is 8.10. The van der Waals surface area contributed by atoms with Crippen LogP contribution in [0, 0.1) is 0 Å². The van der Waals surface area contributed by atoms with Gasteiger partial charge in [0.05, 0.1) is 0 Å². The second kappa shape index (κ2) is 5.41. The topological polar surface area (TPSA) is 52.3 Å². The Morgan fingerprint density at radius 1 is 1.22 bits per heavy atom. The van der Waals surface area contributed by atoms with Gasteiger partial charge in [-0.2, -0.15) is 0 Å². The van der Waals surface area contributed by atoms with E-state index in [2.05, 4.69) is 15.9 Å². The van der Waals surface area contributed by atoms with Gasteiger partial charge in [0.25, 0.3) is 0 Å². The van der Waals surface area contributed by atoms with Gasteiger partial charge in [0.1, 0.15) is 11.1 Å². The van der Waals surface area contributed by atoms with Crippen molar-refractivity contribution < 1.29 is 9.53 Å². The average Bonchev–Trinajstić information content (AvgIpc) is 2.18. The molecule has 0 aliphatic heterocycles. The Bertz CT molecular complexity index is 418. The summed E-state index contributed by atoms with van der Waals surface area (Å²) in [5, 5.41) is 0. The van der Waals surface area contributed by atoms with Gasteiger partial charge in [0.2, 0.25) is 0 Å². The maximum atomic E-state index is 12.0. The zero-order chi connectivity index (χ0) is 14.0. The van der Waals surface area contributed by atoms with Crippen LogP contribution in [0.25, 0.3) is 0 Å². The summed E-state index contributed by atoms with van der Waals surface area (Å²) in [6.45, 7) is 7.20. The summed E-state index contributed by atoms with van der Waals surface area (Å²) < 4.78 is 6.33. The van der Waals surface area contributed by atoms with Crippen LogP contribution in [0.3, 0.4) is 0 Å². The molecule has 0 fully saturated rings. The van der Waals surface area contributed by atoms with E-state index in [-0.39, 0.29) is 5.97 Å². The molecule has 1 aromatic carbocycles. The molecule has 0 unspecified atom stereocenters. The van der Waals surface area contributed by atoms with Crippen molar-refractivity contribution in [2.24, 2.45) is 5.73 Å². The second-order valence-corrected chi connectivity index (χ2v) is 6.64. The minimum absolute atomic E-state index is 0.377. The zero-order valence-corrected chi connectivity index (χ0v) is 12.9. The van der Waals surface area contributed by atoms with Crippen molar-refractivity contribution in [1.29, 1.82) is 0 Å². The van der Waals surface area contributed by atoms with E-state index in [9.17, 15) is 4.79 Å². The lowest BCUT2D eigenvalue weighted by molar-refractivity contribution is -0.160. The molecular formula is C14H20BrNO2. The first-order valence-corrected chi connectivity index (χ1v) is 6.66. The predicted molar refractivity (Wildman–Crippen MR) is 76.3 cm³/mol. The maximum absolute atomic E-state index is 12.0. The van der Waals surface area contributed by atoms with Crippen LogP contribution < -0.4 is 5.73 Å². The SMILES string of the molecule is CC(C)(C)OC(=O)[C@@](C)(N)Cc1ccc(Br)cc1. The molecule has 0 amide bonds. The molecule has 0 saturated heterocycles. The molecule has 1 atom stereocenters. The quantitative estimate of drug-likeness (QED) is 0.873. The molecule has 100 valence electrons. The summed E-state index contributed by atoms with van der Waals surface area (Å²) in [7, 11) is 0. The molecule has 2 N–H and O–H groups in total. The molecule has 0 aromatic heterocycles. The Hall–Kier alpha value is -0.870. The van der Waals surface area contributed by atoms with Gasteiger partial charge in [0, 0.05) is 10.9 Å². The highest BCUT2D eigenvalue weighted by Crippen LogP contribution is 2.18. The summed E-state index contributed by atoms with van der Waals surface area (Å²) in [6.07, 6.45) is 0.454. The van der Waals surface area contributed by atoms with Crippen LogP contribution in [-0.4, -0.2) is 17.1 Å². The minimum atomic E-state index is -1.01. The number of carbonyl (C=O) groups is 1. The number of halogens is 1. The number of ether oxygens (including phenoxy) is 1. The Morgan fingerprint density at radius 2 is 1.72 bits per heavy atom. The molecule has 1 aromatic rings. The van der Waals surface area contributed by atoms with Crippen molar-refractivity contribution >= 4 is 21.9 Å². The Kier molecular flexibility index (Phi) is 4.56. The second-order valence-electron chi connectivity index (χ2n) is 5.72. The van der Waals surface area contributed by atoms with Crippen LogP contribution in [0.5, 0.6) is 0 Å². The minimum Gasteiger partial charge on any atom is -0.459 e. The van der Waals surface area contributed by atoms with Crippen molar-refractivity contribution in [2.75, 3.05) is 0 Å². The monoisotopic (exact) mass is 313 g/mol. The summed E-state index contributed by atoms with van der Waals surface area (Å²) in [4.78, 5) is 12.0. The highest BCUT2D eigenvalue weighted by Gasteiger charge is 2.33. The zero-order valence-electron chi connectivity index (χ0n) is 11.3. The molecule has 0 saturated carbocycles. The van der Waals surface area contributed by atoms with Crippen molar-refractivity contribution in [3.05, 3.63) is 34.3 Å². The van der Waals surface area contributed by atoms with E-state index in [1.807, 2.05) is 45.0 Å². The number of carbonyl (C=O) groups excluding carboxylic acids is 1. The van der Waals surface area contributed by atoms with Gasteiger partial charge >= 0.3 is 5.97 Å². The first kappa shape index (κ1) is 15.2. The lowest BCUT2D eigenvalue weighted by Crippen LogP contribution is -2.50. The molecule has 0 bridgehead atoms. The number of hydrogen-bond acceptors (Lipinski definition) is 3. The van der Waals surface area contributed by atoms with E-state index in [1.54, 1.807) is 6.92 Å². The highest BCUT2D eigenvalue weighted by atomic mass is 79.9. The first-order valence-electron chi connectivity index (χ1n) is 5.87. The van der Waals surface area contributed by atoms with Gasteiger partial charge in [-0.05, 0) is 45.4 Å². The van der Waals surface area contributed by atoms with E-state index < -0.39 is 11.1 Å². The number of hydrogen-bond donors (Lipinski definition) is 1. The maximum Gasteiger partial charge on any atom is 0.326 e. The highest BCUT2D eigenvalue weighted by molar-refractivity contribution is 9.10. The van der Waals surface area contributed by atoms with E-state index in [4.69, 9.17) is 10.5 Å². The van der Waals surface area contributed by atoms with Crippen molar-refractivity contribution in [1.82, 2.24) is 0 Å². The molecule has 4 heteroatoms. The van der Waals surface area contributed by atoms with E-state index in [0.29, 0.717) is 6.42 Å². The number of esters is 1. The standard InChI is InChI=1S/C14H20BrNO2/c1-13(2,3)18-12(17)14(4,16)9-10-5-7-11(15)8-6-10/h5-8H,9,16H2,1-4H3/t14-/m0/s1. The predicted octanol–water partition coefficient (Wildman–Crippen LogP) is 3.05. The van der Waals surface area contributed by atoms with Gasteiger partial charge in [0.15, 0.2) is 0 Å². The lowest BCUT2D eigenvalue weighted by atomic mass is 9.94. The molecule has 1 rings (SSSR count). The van der Waals surface area contributed by atoms with Gasteiger partial charge in [-0.15, -0.1) is 0 Å². The lowest BCUT2D eigenvalue weighted by Gasteiger charge is -2.28. The average molecular weight is 314 g/mol. The summed E-state index contributed by atoms with van der Waals surface area (Å²) >= 11 is 3.37. The van der Waals surface area contributed by atoms with Gasteiger partial charge in [-0.1, -0.05) is 28.1 Å². The number of nitrogens with two attached hydrogens (primary N) is 1. The third kappa shape index (κ3) is 4.78. The normalized spacial score (nSPS) is 15.0. The van der Waals surface area contributed by atoms with Gasteiger partial charge in [-0.25, -0.2) is 0 Å². The molecular weight excluding hydrogens is 294 g/mol. The van der Waals surface area contributed by atoms with Crippen LogP contribution in [-0.2, 0) is 16.0 Å². The molecule has 0 aliphatic carbocycles. The number of benzene rings is 1. The summed E-state index contributed by atoms with van der Waals surface area (Å²) in [6, 6.07) is 7.75. The van der Waals surface area contributed by atoms with Crippen LogP contribution in [0.4, 0.5) is 0 Å². The fourth-order valence-corrected chi connectivity index (χ4v) is 1.76. The fraction of sp³-hybridized carbons (Fsp3) is 0.500. The van der Waals surface area contributed by atoms with Crippen LogP contribution >= 0.6 is 15.9 Å². The van der Waals surface area contributed by atoms with Crippen LogP contribution in [0.15, 0.2) is 28.7 Å². The van der Waals surface area contributed by atoms with Crippen molar-refractivity contribution in [3.63, 3.8) is 0 Å². The molecule has 0 radical (unpaired) electrons. The largest absolute Gasteiger partial charge is 0.459 e. The Balaban J connectivity index is 2.75. The van der Waals surface area contributed by atoms with Gasteiger partial charge in [-0.3, -0.25) is 4.79 Å². The molecule has 0 aliphatic rings. The smallest absolute Gasteiger partial charge is 0.326 e. The Labute approximate surface area is 117 Å². The Morgan fingerprint density at radius 3 is 2.17 bits per heavy atom. The van der Waals surface area contributed by atoms with Crippen LogP contribution in [0.1, 0.15) is 33.3 Å². The number of rotatable bonds is 3. The fourth-order valence-electron chi connectivity index (χ4n) is 1.49. The summed E-state index contributed by atoms with van der Waals surface area (Å²) in [5.41, 5.74) is 5.53. The third-order valence-electron chi connectivity index (χ3n) is 2.35. The molecule has 0 heterocycles. The van der Waals surface area contributed by atoms with Crippen LogP contribution in [0.2, 0.25) is 0 Å². The molecule has 0 spiro atoms. The third-order valence-corrected chi connectivity index (χ3v) is 2.88. The van der Waals surface area contributed by atoms with E-state index >= 15 is 0 Å². The van der Waals surface area contributed by atoms with Crippen molar-refractivity contribution in [2.45, 2.75) is 45.3 Å². The summed E-state index contributed by atoms with van der Waals surface area (Å²) in [5.74, 6) is -0.377. The molecule has 18 heavy (non-hydrogen) atoms. The van der Waals surface area contributed by atoms with Gasteiger partial charge < -0.3 is 10.5 Å². The van der Waals surface area contributed by atoms with Crippen molar-refractivity contribution in [3.8, 4) is 0 Å².